The molecule has 6 heteroatoms. The first-order chi connectivity index (χ1) is 15.1. The highest BCUT2D eigenvalue weighted by Crippen LogP contribution is 2.41. The number of para-hydroxylation sites is 1. The summed E-state index contributed by atoms with van der Waals surface area (Å²) in [7, 11) is 3.41. The van der Waals surface area contributed by atoms with Crippen LogP contribution < -0.4 is 15.0 Å². The number of fused-ring (bicyclic) bond motifs is 2. The summed E-state index contributed by atoms with van der Waals surface area (Å²) in [6.45, 7) is 0.558. The molecule has 31 heavy (non-hydrogen) atoms. The molecule has 0 saturated heterocycles. The minimum Gasteiger partial charge on any atom is -0.496 e. The Morgan fingerprint density at radius 1 is 1.03 bits per heavy atom. The molecule has 0 spiro atoms. The van der Waals surface area contributed by atoms with Crippen molar-refractivity contribution in [3.05, 3.63) is 83.4 Å². The predicted octanol–water partition coefficient (Wildman–Crippen LogP) is 4.80. The van der Waals surface area contributed by atoms with Crippen molar-refractivity contribution in [3.8, 4) is 5.75 Å². The molecule has 1 aliphatic rings. The molecule has 0 unspecified atom stereocenters. The number of ether oxygens (including phenoxy) is 1. The van der Waals surface area contributed by atoms with Crippen molar-refractivity contribution in [3.63, 3.8) is 0 Å². The van der Waals surface area contributed by atoms with E-state index in [0.717, 1.165) is 39.6 Å². The molecule has 1 heterocycles. The summed E-state index contributed by atoms with van der Waals surface area (Å²) in [4.78, 5) is 29.1. The summed E-state index contributed by atoms with van der Waals surface area (Å²) in [6.07, 6.45) is 1.63. The topological polar surface area (TPSA) is 58.6 Å². The van der Waals surface area contributed by atoms with Crippen molar-refractivity contribution in [2.75, 3.05) is 25.6 Å². The van der Waals surface area contributed by atoms with Crippen LogP contribution in [0.2, 0.25) is 0 Å². The van der Waals surface area contributed by atoms with E-state index in [1.165, 1.54) is 0 Å². The smallest absolute Gasteiger partial charge is 0.259 e. The molecule has 2 amide bonds. The van der Waals surface area contributed by atoms with Gasteiger partial charge in [0.25, 0.3) is 11.8 Å². The number of benzene rings is 3. The van der Waals surface area contributed by atoms with Gasteiger partial charge < -0.3 is 15.0 Å². The SMILES string of the molecule is COc1ccccc1CCCNC(=O)c1ccc2c(c1)N(C)C(=O)c1ccccc1S2. The van der Waals surface area contributed by atoms with Gasteiger partial charge in [-0.2, -0.15) is 0 Å². The lowest BCUT2D eigenvalue weighted by molar-refractivity contribution is 0.0950. The molecule has 0 atom stereocenters. The average molecular weight is 433 g/mol. The number of anilines is 1. The van der Waals surface area contributed by atoms with E-state index in [1.54, 1.807) is 36.9 Å². The number of aryl methyl sites for hydroxylation is 1. The van der Waals surface area contributed by atoms with Gasteiger partial charge in [-0.15, -0.1) is 0 Å². The van der Waals surface area contributed by atoms with Crippen LogP contribution in [0.5, 0.6) is 5.75 Å². The normalized spacial score (nSPS) is 12.6. The predicted molar refractivity (Wildman–Crippen MR) is 123 cm³/mol. The number of nitrogens with one attached hydrogen (secondary N) is 1. The number of nitrogens with zero attached hydrogens (tertiary/aromatic N) is 1. The molecule has 0 aromatic heterocycles. The van der Waals surface area contributed by atoms with Crippen molar-refractivity contribution in [2.24, 2.45) is 0 Å². The Balaban J connectivity index is 1.43. The number of methoxy groups -OCH3 is 1. The number of carbonyl (C=O) groups excluding carboxylic acids is 2. The summed E-state index contributed by atoms with van der Waals surface area (Å²) in [5.74, 6) is 0.650. The van der Waals surface area contributed by atoms with Gasteiger partial charge in [0, 0.05) is 28.9 Å². The fraction of sp³-hybridized carbons (Fsp3) is 0.200. The lowest BCUT2D eigenvalue weighted by Gasteiger charge is -2.18. The third-order valence-corrected chi connectivity index (χ3v) is 6.47. The molecular weight excluding hydrogens is 408 g/mol. The zero-order valence-electron chi connectivity index (χ0n) is 17.6. The van der Waals surface area contributed by atoms with Crippen molar-refractivity contribution in [2.45, 2.75) is 22.6 Å². The van der Waals surface area contributed by atoms with Crippen molar-refractivity contribution in [1.29, 1.82) is 0 Å². The maximum Gasteiger partial charge on any atom is 0.259 e. The maximum atomic E-state index is 12.9. The number of amides is 2. The lowest BCUT2D eigenvalue weighted by atomic mass is 10.1. The van der Waals surface area contributed by atoms with E-state index in [0.29, 0.717) is 17.7 Å². The number of rotatable bonds is 6. The van der Waals surface area contributed by atoms with E-state index in [4.69, 9.17) is 4.74 Å². The molecule has 0 fully saturated rings. The summed E-state index contributed by atoms with van der Waals surface area (Å²) < 4.78 is 5.38. The van der Waals surface area contributed by atoms with Gasteiger partial charge in [-0.1, -0.05) is 42.1 Å². The Labute approximate surface area is 186 Å². The van der Waals surface area contributed by atoms with Crippen LogP contribution in [0.3, 0.4) is 0 Å². The number of carbonyl (C=O) groups is 2. The second-order valence-electron chi connectivity index (χ2n) is 7.32. The molecule has 0 aliphatic carbocycles. The largest absolute Gasteiger partial charge is 0.496 e. The molecule has 4 rings (SSSR count). The van der Waals surface area contributed by atoms with Gasteiger partial charge in [0.2, 0.25) is 0 Å². The highest BCUT2D eigenvalue weighted by atomic mass is 32.2. The highest BCUT2D eigenvalue weighted by molar-refractivity contribution is 7.99. The molecular formula is C25H24N2O3S. The van der Waals surface area contributed by atoms with Gasteiger partial charge in [0.15, 0.2) is 0 Å². The molecule has 0 saturated carbocycles. The zero-order valence-corrected chi connectivity index (χ0v) is 18.4. The van der Waals surface area contributed by atoms with E-state index in [1.807, 2.05) is 60.7 Å². The van der Waals surface area contributed by atoms with Gasteiger partial charge in [0.1, 0.15) is 5.75 Å². The first-order valence-corrected chi connectivity index (χ1v) is 11.0. The Morgan fingerprint density at radius 3 is 2.65 bits per heavy atom. The van der Waals surface area contributed by atoms with Crippen molar-refractivity contribution < 1.29 is 14.3 Å². The minimum atomic E-state index is -0.143. The second kappa shape index (κ2) is 9.27. The Bertz CT molecular complexity index is 1130. The van der Waals surface area contributed by atoms with E-state index in [-0.39, 0.29) is 11.8 Å². The average Bonchev–Trinajstić information content (AvgIpc) is 2.91. The summed E-state index contributed by atoms with van der Waals surface area (Å²) in [5.41, 5.74) is 3.09. The van der Waals surface area contributed by atoms with Crippen LogP contribution in [0.4, 0.5) is 5.69 Å². The van der Waals surface area contributed by atoms with Crippen LogP contribution in [-0.2, 0) is 6.42 Å². The molecule has 158 valence electrons. The van der Waals surface area contributed by atoms with E-state index in [9.17, 15) is 9.59 Å². The quantitative estimate of drug-likeness (QED) is 0.569. The van der Waals surface area contributed by atoms with Crippen LogP contribution in [-0.4, -0.2) is 32.5 Å². The third kappa shape index (κ3) is 4.44. The van der Waals surface area contributed by atoms with Crippen LogP contribution in [0.1, 0.15) is 32.7 Å². The Kier molecular flexibility index (Phi) is 6.28. The first-order valence-electron chi connectivity index (χ1n) is 10.2. The Hall–Kier alpha value is -3.25. The first kappa shape index (κ1) is 21.0. The fourth-order valence-corrected chi connectivity index (χ4v) is 4.73. The van der Waals surface area contributed by atoms with Gasteiger partial charge in [-0.3, -0.25) is 9.59 Å². The van der Waals surface area contributed by atoms with Crippen molar-refractivity contribution >= 4 is 29.3 Å². The van der Waals surface area contributed by atoms with Gasteiger partial charge in [-0.25, -0.2) is 0 Å². The summed E-state index contributed by atoms with van der Waals surface area (Å²) in [5, 5.41) is 2.98. The van der Waals surface area contributed by atoms with Gasteiger partial charge in [-0.05, 0) is 54.8 Å². The summed E-state index contributed by atoms with van der Waals surface area (Å²) >= 11 is 1.55. The lowest BCUT2D eigenvalue weighted by Crippen LogP contribution is -2.27. The van der Waals surface area contributed by atoms with Crippen LogP contribution >= 0.6 is 11.8 Å². The number of hydrogen-bond donors (Lipinski definition) is 1. The second-order valence-corrected chi connectivity index (χ2v) is 8.40. The molecule has 3 aromatic carbocycles. The molecule has 0 radical (unpaired) electrons. The van der Waals surface area contributed by atoms with E-state index >= 15 is 0 Å². The number of hydrogen-bond acceptors (Lipinski definition) is 4. The van der Waals surface area contributed by atoms with Gasteiger partial charge >= 0.3 is 0 Å². The minimum absolute atomic E-state index is 0.0729. The van der Waals surface area contributed by atoms with Crippen LogP contribution in [0, 0.1) is 0 Å². The third-order valence-electron chi connectivity index (χ3n) is 5.33. The highest BCUT2D eigenvalue weighted by Gasteiger charge is 2.25. The molecule has 0 bridgehead atoms. The fourth-order valence-electron chi connectivity index (χ4n) is 3.64. The molecule has 1 aliphatic heterocycles. The molecule has 5 nitrogen and oxygen atoms in total. The van der Waals surface area contributed by atoms with Crippen LogP contribution in [0.15, 0.2) is 76.5 Å². The standard InChI is InChI=1S/C25H24N2O3S/c1-27-20-16-18(13-14-23(20)31-22-12-6-4-10-19(22)25(27)29)24(28)26-15-7-9-17-8-3-5-11-21(17)30-2/h3-6,8,10-14,16H,7,9,15H2,1-2H3,(H,26,28). The monoisotopic (exact) mass is 432 g/mol. The van der Waals surface area contributed by atoms with E-state index < -0.39 is 0 Å². The molecule has 1 N–H and O–H groups in total. The zero-order chi connectivity index (χ0) is 21.8. The van der Waals surface area contributed by atoms with Gasteiger partial charge in [0.05, 0.1) is 18.4 Å². The van der Waals surface area contributed by atoms with E-state index in [2.05, 4.69) is 5.32 Å². The van der Waals surface area contributed by atoms with Crippen LogP contribution in [0.25, 0.3) is 0 Å². The molecule has 3 aromatic rings. The van der Waals surface area contributed by atoms with Crippen molar-refractivity contribution in [1.82, 2.24) is 5.32 Å². The Morgan fingerprint density at radius 2 is 1.81 bits per heavy atom. The summed E-state index contributed by atoms with van der Waals surface area (Å²) in [6, 6.07) is 21.0. The maximum absolute atomic E-state index is 12.9.